The molecule has 0 saturated carbocycles. The molecule has 6 nitrogen and oxygen atoms in total. The topological polar surface area (TPSA) is 57.3 Å². The molecular formula is C23H33FIN5O. The van der Waals surface area contributed by atoms with Crippen molar-refractivity contribution in [1.82, 2.24) is 9.80 Å². The minimum atomic E-state index is -0.210. The van der Waals surface area contributed by atoms with E-state index >= 15 is 0 Å². The van der Waals surface area contributed by atoms with Gasteiger partial charge < -0.3 is 25.2 Å². The van der Waals surface area contributed by atoms with Crippen LogP contribution < -0.4 is 15.4 Å². The van der Waals surface area contributed by atoms with E-state index in [0.717, 1.165) is 56.1 Å². The number of ether oxygens (including phenoxy) is 1. The summed E-state index contributed by atoms with van der Waals surface area (Å²) in [6.07, 6.45) is 1.00. The van der Waals surface area contributed by atoms with E-state index in [-0.39, 0.29) is 29.8 Å². The van der Waals surface area contributed by atoms with E-state index in [1.807, 2.05) is 36.4 Å². The average molecular weight is 541 g/mol. The summed E-state index contributed by atoms with van der Waals surface area (Å²) in [5.41, 5.74) is 8.35. The number of halogens is 2. The summed E-state index contributed by atoms with van der Waals surface area (Å²) in [7, 11) is 4.12. The first kappa shape index (κ1) is 25.2. The Morgan fingerprint density at radius 1 is 1.03 bits per heavy atom. The highest BCUT2D eigenvalue weighted by atomic mass is 127. The van der Waals surface area contributed by atoms with Crippen molar-refractivity contribution in [2.45, 2.75) is 13.0 Å². The molecule has 1 fully saturated rings. The van der Waals surface area contributed by atoms with Gasteiger partial charge in [-0.25, -0.2) is 9.38 Å². The molecule has 2 N–H and O–H groups in total. The number of aliphatic imine (C=N–C) groups is 1. The molecular weight excluding hydrogens is 508 g/mol. The Labute approximate surface area is 201 Å². The van der Waals surface area contributed by atoms with Crippen molar-refractivity contribution < 1.29 is 9.13 Å². The zero-order valence-electron chi connectivity index (χ0n) is 18.3. The first-order valence-corrected chi connectivity index (χ1v) is 10.4. The van der Waals surface area contributed by atoms with Crippen LogP contribution in [0.3, 0.4) is 0 Å². The van der Waals surface area contributed by atoms with Crippen LogP contribution in [0.1, 0.15) is 12.0 Å². The molecule has 3 rings (SSSR count). The molecule has 1 saturated heterocycles. The molecule has 170 valence electrons. The Bertz CT molecular complexity index is 806. The lowest BCUT2D eigenvalue weighted by Gasteiger charge is -2.36. The van der Waals surface area contributed by atoms with Crippen LogP contribution >= 0.6 is 24.0 Å². The summed E-state index contributed by atoms with van der Waals surface area (Å²) in [4.78, 5) is 11.0. The zero-order chi connectivity index (χ0) is 21.3. The van der Waals surface area contributed by atoms with Crippen molar-refractivity contribution in [3.63, 3.8) is 0 Å². The quantitative estimate of drug-likeness (QED) is 0.240. The molecule has 0 amide bonds. The third kappa shape index (κ3) is 8.17. The molecule has 2 aromatic carbocycles. The van der Waals surface area contributed by atoms with Crippen LogP contribution in [0, 0.1) is 5.82 Å². The van der Waals surface area contributed by atoms with Gasteiger partial charge in [-0.05, 0) is 62.5 Å². The fourth-order valence-corrected chi connectivity index (χ4v) is 3.38. The van der Waals surface area contributed by atoms with Crippen LogP contribution in [-0.4, -0.2) is 69.2 Å². The van der Waals surface area contributed by atoms with Gasteiger partial charge in [0, 0.05) is 38.4 Å². The number of nitrogens with zero attached hydrogens (tertiary/aromatic N) is 4. The number of guanidine groups is 1. The standard InChI is InChI=1S/C23H32FN5O.HI/c1-27(2)12-3-17-30-22-10-4-19(5-11-22)18-26-23(25)29-15-13-28(14-16-29)21-8-6-20(24)7-9-21;/h4-11H,3,12-18H2,1-2H3,(H2,25,26);1H. The van der Waals surface area contributed by atoms with Crippen LogP contribution in [-0.2, 0) is 6.54 Å². The van der Waals surface area contributed by atoms with E-state index in [9.17, 15) is 4.39 Å². The van der Waals surface area contributed by atoms with E-state index < -0.39 is 0 Å². The monoisotopic (exact) mass is 541 g/mol. The maximum absolute atomic E-state index is 13.1. The molecule has 0 aromatic heterocycles. The Hall–Kier alpha value is -2.07. The van der Waals surface area contributed by atoms with Gasteiger partial charge in [-0.2, -0.15) is 0 Å². The number of anilines is 1. The molecule has 0 aliphatic carbocycles. The molecule has 1 aliphatic heterocycles. The number of hydrogen-bond acceptors (Lipinski definition) is 4. The first-order chi connectivity index (χ1) is 14.5. The second-order valence-corrected chi connectivity index (χ2v) is 7.77. The molecule has 0 radical (unpaired) electrons. The van der Waals surface area contributed by atoms with Crippen LogP contribution in [0.2, 0.25) is 0 Å². The van der Waals surface area contributed by atoms with E-state index in [1.54, 1.807) is 0 Å². The Kier molecular flexibility index (Phi) is 10.3. The van der Waals surface area contributed by atoms with Crippen LogP contribution in [0.4, 0.5) is 10.1 Å². The van der Waals surface area contributed by atoms with Gasteiger partial charge in [0.2, 0.25) is 0 Å². The molecule has 0 unspecified atom stereocenters. The number of rotatable bonds is 8. The second kappa shape index (κ2) is 12.7. The number of piperazine rings is 1. The highest BCUT2D eigenvalue weighted by molar-refractivity contribution is 14.0. The van der Waals surface area contributed by atoms with E-state index in [1.165, 1.54) is 12.1 Å². The Morgan fingerprint density at radius 3 is 2.29 bits per heavy atom. The lowest BCUT2D eigenvalue weighted by atomic mass is 10.2. The molecule has 0 atom stereocenters. The minimum absolute atomic E-state index is 0. The Balaban J connectivity index is 0.00000341. The van der Waals surface area contributed by atoms with E-state index in [4.69, 9.17) is 10.5 Å². The van der Waals surface area contributed by atoms with Crippen LogP contribution in [0.25, 0.3) is 0 Å². The van der Waals surface area contributed by atoms with E-state index in [0.29, 0.717) is 19.1 Å². The first-order valence-electron chi connectivity index (χ1n) is 10.4. The maximum atomic E-state index is 13.1. The molecule has 0 bridgehead atoms. The van der Waals surface area contributed by atoms with Gasteiger partial charge in [0.1, 0.15) is 11.6 Å². The SMILES string of the molecule is CN(C)CCCOc1ccc(CN=C(N)N2CCN(c3ccc(F)cc3)CC2)cc1.I. The number of nitrogens with two attached hydrogens (primary N) is 1. The fourth-order valence-electron chi connectivity index (χ4n) is 3.38. The largest absolute Gasteiger partial charge is 0.494 e. The molecule has 1 aliphatic rings. The van der Waals surface area contributed by atoms with Crippen molar-refractivity contribution in [3.05, 3.63) is 59.9 Å². The van der Waals surface area contributed by atoms with Gasteiger partial charge in [0.25, 0.3) is 0 Å². The zero-order valence-corrected chi connectivity index (χ0v) is 20.7. The lowest BCUT2D eigenvalue weighted by Crippen LogP contribution is -2.51. The van der Waals surface area contributed by atoms with Gasteiger partial charge in [-0.15, -0.1) is 24.0 Å². The summed E-state index contributed by atoms with van der Waals surface area (Å²) in [6, 6.07) is 14.7. The second-order valence-electron chi connectivity index (χ2n) is 7.77. The van der Waals surface area contributed by atoms with Gasteiger partial charge in [-0.3, -0.25) is 0 Å². The molecule has 31 heavy (non-hydrogen) atoms. The van der Waals surface area contributed by atoms with Gasteiger partial charge >= 0.3 is 0 Å². The van der Waals surface area contributed by atoms with Gasteiger partial charge in [0.15, 0.2) is 5.96 Å². The van der Waals surface area contributed by atoms with Crippen molar-refractivity contribution in [1.29, 1.82) is 0 Å². The van der Waals surface area contributed by atoms with Crippen LogP contribution in [0.15, 0.2) is 53.5 Å². The smallest absolute Gasteiger partial charge is 0.191 e. The Morgan fingerprint density at radius 2 is 1.68 bits per heavy atom. The normalized spacial score (nSPS) is 14.5. The van der Waals surface area contributed by atoms with Crippen molar-refractivity contribution in [2.75, 3.05) is 58.3 Å². The van der Waals surface area contributed by atoms with Gasteiger partial charge in [-0.1, -0.05) is 12.1 Å². The maximum Gasteiger partial charge on any atom is 0.191 e. The lowest BCUT2D eigenvalue weighted by molar-refractivity contribution is 0.281. The fraction of sp³-hybridized carbons (Fsp3) is 0.435. The number of hydrogen-bond donors (Lipinski definition) is 1. The summed E-state index contributed by atoms with van der Waals surface area (Å²) in [5, 5.41) is 0. The third-order valence-electron chi connectivity index (χ3n) is 5.16. The summed E-state index contributed by atoms with van der Waals surface area (Å²) < 4.78 is 18.9. The predicted octanol–water partition coefficient (Wildman–Crippen LogP) is 3.41. The summed E-state index contributed by atoms with van der Waals surface area (Å²) >= 11 is 0. The average Bonchev–Trinajstić information content (AvgIpc) is 2.76. The van der Waals surface area contributed by atoms with Crippen molar-refractivity contribution >= 4 is 35.6 Å². The summed E-state index contributed by atoms with van der Waals surface area (Å²) in [6.45, 7) is 5.55. The predicted molar refractivity (Wildman–Crippen MR) is 136 cm³/mol. The van der Waals surface area contributed by atoms with Crippen molar-refractivity contribution in [2.24, 2.45) is 10.7 Å². The highest BCUT2D eigenvalue weighted by Crippen LogP contribution is 2.17. The van der Waals surface area contributed by atoms with Crippen LogP contribution in [0.5, 0.6) is 5.75 Å². The molecule has 0 spiro atoms. The summed E-state index contributed by atoms with van der Waals surface area (Å²) in [5.74, 6) is 1.24. The molecule has 8 heteroatoms. The number of benzene rings is 2. The minimum Gasteiger partial charge on any atom is -0.494 e. The third-order valence-corrected chi connectivity index (χ3v) is 5.16. The van der Waals surface area contributed by atoms with E-state index in [2.05, 4.69) is 33.8 Å². The molecule has 2 aromatic rings. The highest BCUT2D eigenvalue weighted by Gasteiger charge is 2.18. The van der Waals surface area contributed by atoms with Crippen molar-refractivity contribution in [3.8, 4) is 5.75 Å². The van der Waals surface area contributed by atoms with Gasteiger partial charge in [0.05, 0.1) is 13.2 Å². The molecule has 1 heterocycles.